The van der Waals surface area contributed by atoms with Crippen LogP contribution in [0.5, 0.6) is 0 Å². The smallest absolute Gasteiger partial charge is 0.242 e. The molecule has 130 valence electrons. The molecule has 5 nitrogen and oxygen atoms in total. The average Bonchev–Trinajstić information content (AvgIpc) is 2.49. The van der Waals surface area contributed by atoms with Crippen LogP contribution in [-0.2, 0) is 16.0 Å². The highest BCUT2D eigenvalue weighted by molar-refractivity contribution is 5.88. The lowest BCUT2D eigenvalue weighted by Gasteiger charge is -2.21. The van der Waals surface area contributed by atoms with Crippen molar-refractivity contribution in [2.45, 2.75) is 32.7 Å². The number of rotatable bonds is 9. The Morgan fingerprint density at radius 3 is 2.30 bits per heavy atom. The Hall–Kier alpha value is -1.59. The molecule has 0 saturated carbocycles. The standard InChI is InChI=1S/C17H27N3O2.ClH/c1-13(2)16(17(22)19-11-7-10-18-3)20-15(21)12-14-8-5-4-6-9-14;/h4-6,8-9,13,16,18H,7,10-12H2,1-3H3,(H,19,22)(H,20,21);1H. The van der Waals surface area contributed by atoms with E-state index in [4.69, 9.17) is 0 Å². The van der Waals surface area contributed by atoms with Crippen LogP contribution in [0.25, 0.3) is 0 Å². The quantitative estimate of drug-likeness (QED) is 0.596. The Labute approximate surface area is 145 Å². The van der Waals surface area contributed by atoms with Crippen molar-refractivity contribution in [1.29, 1.82) is 0 Å². The Morgan fingerprint density at radius 1 is 1.09 bits per heavy atom. The van der Waals surface area contributed by atoms with Crippen LogP contribution in [0, 0.1) is 5.92 Å². The topological polar surface area (TPSA) is 70.2 Å². The molecule has 0 aliphatic heterocycles. The van der Waals surface area contributed by atoms with Crippen LogP contribution in [0.4, 0.5) is 0 Å². The van der Waals surface area contributed by atoms with Crippen molar-refractivity contribution in [2.75, 3.05) is 20.1 Å². The molecule has 0 fully saturated rings. The van der Waals surface area contributed by atoms with Crippen molar-refractivity contribution in [3.05, 3.63) is 35.9 Å². The predicted octanol–water partition coefficient (Wildman–Crippen LogP) is 1.52. The molecule has 0 bridgehead atoms. The third-order valence-electron chi connectivity index (χ3n) is 3.38. The van der Waals surface area contributed by atoms with Crippen LogP contribution >= 0.6 is 12.4 Å². The van der Waals surface area contributed by atoms with Gasteiger partial charge < -0.3 is 16.0 Å². The third kappa shape index (κ3) is 8.57. The predicted molar refractivity (Wildman–Crippen MR) is 95.7 cm³/mol. The first kappa shape index (κ1) is 21.4. The number of amides is 2. The molecule has 0 aromatic heterocycles. The van der Waals surface area contributed by atoms with E-state index in [1.807, 2.05) is 51.2 Å². The Balaban J connectivity index is 0.00000484. The van der Waals surface area contributed by atoms with Crippen molar-refractivity contribution in [1.82, 2.24) is 16.0 Å². The van der Waals surface area contributed by atoms with Crippen LogP contribution in [0.15, 0.2) is 30.3 Å². The summed E-state index contributed by atoms with van der Waals surface area (Å²) in [4.78, 5) is 24.3. The van der Waals surface area contributed by atoms with Gasteiger partial charge >= 0.3 is 0 Å². The summed E-state index contributed by atoms with van der Waals surface area (Å²) in [7, 11) is 1.88. The van der Waals surface area contributed by atoms with Gasteiger partial charge in [-0.3, -0.25) is 9.59 Å². The highest BCUT2D eigenvalue weighted by atomic mass is 35.5. The maximum atomic E-state index is 12.2. The van der Waals surface area contributed by atoms with E-state index in [1.165, 1.54) is 0 Å². The fraction of sp³-hybridized carbons (Fsp3) is 0.529. The van der Waals surface area contributed by atoms with Crippen molar-refractivity contribution in [3.63, 3.8) is 0 Å². The molecule has 1 aromatic carbocycles. The van der Waals surface area contributed by atoms with E-state index in [1.54, 1.807) is 0 Å². The Kier molecular flexibility index (Phi) is 11.1. The summed E-state index contributed by atoms with van der Waals surface area (Å²) < 4.78 is 0. The van der Waals surface area contributed by atoms with Crippen LogP contribution in [0.2, 0.25) is 0 Å². The fourth-order valence-corrected chi connectivity index (χ4v) is 2.13. The minimum atomic E-state index is -0.495. The molecule has 0 radical (unpaired) electrons. The summed E-state index contributed by atoms with van der Waals surface area (Å²) in [5.41, 5.74) is 0.942. The first-order valence-corrected chi connectivity index (χ1v) is 7.80. The lowest BCUT2D eigenvalue weighted by Crippen LogP contribution is -2.50. The molecule has 23 heavy (non-hydrogen) atoms. The lowest BCUT2D eigenvalue weighted by molar-refractivity contribution is -0.129. The second-order valence-electron chi connectivity index (χ2n) is 5.70. The van der Waals surface area contributed by atoms with Gasteiger partial charge in [-0.05, 0) is 31.5 Å². The normalized spacial score (nSPS) is 11.5. The molecule has 1 aromatic rings. The van der Waals surface area contributed by atoms with Crippen LogP contribution in [-0.4, -0.2) is 38.0 Å². The molecule has 1 unspecified atom stereocenters. The maximum Gasteiger partial charge on any atom is 0.242 e. The maximum absolute atomic E-state index is 12.2. The van der Waals surface area contributed by atoms with Crippen molar-refractivity contribution in [2.24, 2.45) is 5.92 Å². The number of hydrogen-bond acceptors (Lipinski definition) is 3. The highest BCUT2D eigenvalue weighted by Gasteiger charge is 2.23. The molecular weight excluding hydrogens is 314 g/mol. The molecule has 0 aliphatic rings. The minimum Gasteiger partial charge on any atom is -0.354 e. The summed E-state index contributed by atoms with van der Waals surface area (Å²) in [6.45, 7) is 5.33. The van der Waals surface area contributed by atoms with Gasteiger partial charge in [0.25, 0.3) is 0 Å². The molecular formula is C17H28ClN3O2. The molecule has 2 amide bonds. The highest BCUT2D eigenvalue weighted by Crippen LogP contribution is 2.04. The van der Waals surface area contributed by atoms with E-state index in [2.05, 4.69) is 16.0 Å². The van der Waals surface area contributed by atoms with E-state index >= 15 is 0 Å². The van der Waals surface area contributed by atoms with Gasteiger partial charge in [0.05, 0.1) is 6.42 Å². The SMILES string of the molecule is CNCCCNC(=O)C(NC(=O)Cc1ccccc1)C(C)C.Cl. The third-order valence-corrected chi connectivity index (χ3v) is 3.38. The summed E-state index contributed by atoms with van der Waals surface area (Å²) in [6.07, 6.45) is 1.15. The summed E-state index contributed by atoms with van der Waals surface area (Å²) in [5, 5.41) is 8.75. The van der Waals surface area contributed by atoms with E-state index in [0.717, 1.165) is 18.5 Å². The number of halogens is 1. The van der Waals surface area contributed by atoms with Gasteiger partial charge in [0, 0.05) is 6.54 Å². The average molecular weight is 342 g/mol. The molecule has 1 rings (SSSR count). The van der Waals surface area contributed by atoms with Crippen LogP contribution < -0.4 is 16.0 Å². The van der Waals surface area contributed by atoms with Crippen molar-refractivity contribution < 1.29 is 9.59 Å². The molecule has 0 saturated heterocycles. The van der Waals surface area contributed by atoms with Crippen molar-refractivity contribution >= 4 is 24.2 Å². The molecule has 3 N–H and O–H groups in total. The van der Waals surface area contributed by atoms with E-state index in [9.17, 15) is 9.59 Å². The lowest BCUT2D eigenvalue weighted by atomic mass is 10.0. The largest absolute Gasteiger partial charge is 0.354 e. The first-order chi connectivity index (χ1) is 10.5. The second-order valence-corrected chi connectivity index (χ2v) is 5.70. The molecule has 6 heteroatoms. The van der Waals surface area contributed by atoms with E-state index in [-0.39, 0.29) is 36.6 Å². The van der Waals surface area contributed by atoms with Crippen LogP contribution in [0.3, 0.4) is 0 Å². The number of benzene rings is 1. The van der Waals surface area contributed by atoms with E-state index in [0.29, 0.717) is 6.54 Å². The van der Waals surface area contributed by atoms with Crippen molar-refractivity contribution in [3.8, 4) is 0 Å². The summed E-state index contributed by atoms with van der Waals surface area (Å²) in [6, 6.07) is 9.03. The zero-order chi connectivity index (χ0) is 16.4. The van der Waals surface area contributed by atoms with Gasteiger partial charge in [-0.1, -0.05) is 44.2 Å². The number of carbonyl (C=O) groups excluding carboxylic acids is 2. The van der Waals surface area contributed by atoms with E-state index < -0.39 is 6.04 Å². The summed E-state index contributed by atoms with van der Waals surface area (Å²) in [5.74, 6) is -0.202. The van der Waals surface area contributed by atoms with Gasteiger partial charge in [-0.15, -0.1) is 12.4 Å². The van der Waals surface area contributed by atoms with Gasteiger partial charge in [0.15, 0.2) is 0 Å². The number of carbonyl (C=O) groups is 2. The van der Waals surface area contributed by atoms with Crippen LogP contribution in [0.1, 0.15) is 25.8 Å². The Morgan fingerprint density at radius 2 is 1.74 bits per heavy atom. The van der Waals surface area contributed by atoms with Gasteiger partial charge in [0.2, 0.25) is 11.8 Å². The molecule has 0 heterocycles. The van der Waals surface area contributed by atoms with Gasteiger partial charge in [0.1, 0.15) is 6.04 Å². The van der Waals surface area contributed by atoms with Gasteiger partial charge in [-0.25, -0.2) is 0 Å². The second kappa shape index (κ2) is 11.9. The fourth-order valence-electron chi connectivity index (χ4n) is 2.13. The first-order valence-electron chi connectivity index (χ1n) is 7.80. The molecule has 0 spiro atoms. The number of hydrogen-bond donors (Lipinski definition) is 3. The monoisotopic (exact) mass is 341 g/mol. The number of nitrogens with one attached hydrogen (secondary N) is 3. The van der Waals surface area contributed by atoms with Gasteiger partial charge in [-0.2, -0.15) is 0 Å². The summed E-state index contributed by atoms with van der Waals surface area (Å²) >= 11 is 0. The molecule has 0 aliphatic carbocycles. The zero-order valence-corrected chi connectivity index (χ0v) is 14.9. The minimum absolute atomic E-state index is 0. The Bertz CT molecular complexity index is 466. The zero-order valence-electron chi connectivity index (χ0n) is 14.1. The molecule has 1 atom stereocenters.